The number of fused-ring (bicyclic) bond motifs is 5. The molecule has 2 nitrogen and oxygen atoms in total. The predicted octanol–water partition coefficient (Wildman–Crippen LogP) is 3.96. The summed E-state index contributed by atoms with van der Waals surface area (Å²) in [5, 5.41) is 10.5. The van der Waals surface area contributed by atoms with E-state index in [1.54, 1.807) is 0 Å². The van der Waals surface area contributed by atoms with Gasteiger partial charge < -0.3 is 5.11 Å². The maximum Gasteiger partial charge on any atom is 0.133 e. The van der Waals surface area contributed by atoms with Gasteiger partial charge in [-0.25, -0.2) is 0 Å². The van der Waals surface area contributed by atoms with E-state index in [0.29, 0.717) is 18.3 Å². The number of aliphatic hydroxyl groups excluding tert-OH is 1. The number of rotatable bonds is 0. The SMILES string of the molecule is [2H]C1C(=O)C([2H])[C@]2([2H])CC[C@H]3[C@@H]4CC[C@H](O)[C@@]4(C)CC[C@@H]3[C@@]2(C)C1[2H]. The van der Waals surface area contributed by atoms with Crippen molar-refractivity contribution in [1.82, 2.24) is 0 Å². The van der Waals surface area contributed by atoms with Crippen LogP contribution in [0, 0.1) is 34.5 Å². The van der Waals surface area contributed by atoms with E-state index in [2.05, 4.69) is 6.92 Å². The lowest BCUT2D eigenvalue weighted by atomic mass is 9.45. The Bertz CT molecular complexity index is 600. The number of Topliss-reactive ketones (excluding diaryl/α,β-unsaturated/α-hetero) is 1. The lowest BCUT2D eigenvalue weighted by molar-refractivity contribution is -0.141. The van der Waals surface area contributed by atoms with Crippen LogP contribution < -0.4 is 0 Å². The van der Waals surface area contributed by atoms with Gasteiger partial charge in [0.25, 0.3) is 0 Å². The summed E-state index contributed by atoms with van der Waals surface area (Å²) in [5.74, 6) is -0.929. The first kappa shape index (κ1) is 10.4. The summed E-state index contributed by atoms with van der Waals surface area (Å²) in [6.07, 6.45) is 1.24. The summed E-state index contributed by atoms with van der Waals surface area (Å²) in [7, 11) is 0. The molecule has 10 atom stereocenters. The summed E-state index contributed by atoms with van der Waals surface area (Å²) >= 11 is 0. The van der Waals surface area contributed by atoms with Gasteiger partial charge in [-0.15, -0.1) is 0 Å². The first-order valence-electron chi connectivity index (χ1n) is 10.8. The molecule has 0 radical (unpaired) electrons. The number of hydrogen-bond acceptors (Lipinski definition) is 2. The minimum atomic E-state index is -1.25. The first-order chi connectivity index (χ1) is 11.6. The number of carbonyl (C=O) groups excluding carboxylic acids is 1. The molecular formula is C19H30O2. The van der Waals surface area contributed by atoms with E-state index in [9.17, 15) is 9.90 Å². The van der Waals surface area contributed by atoms with E-state index < -0.39 is 36.3 Å². The van der Waals surface area contributed by atoms with Gasteiger partial charge in [-0.05, 0) is 79.4 Å². The quantitative estimate of drug-likeness (QED) is 0.734. The predicted molar refractivity (Wildman–Crippen MR) is 82.7 cm³/mol. The molecule has 4 aliphatic carbocycles. The minimum Gasteiger partial charge on any atom is -0.393 e. The lowest BCUT2D eigenvalue weighted by Crippen LogP contribution is -2.54. The number of aliphatic hydroxyl groups is 1. The van der Waals surface area contributed by atoms with Gasteiger partial charge in [-0.1, -0.05) is 13.8 Å². The van der Waals surface area contributed by atoms with E-state index in [4.69, 9.17) is 5.48 Å². The Balaban J connectivity index is 1.76. The molecule has 0 amide bonds. The van der Waals surface area contributed by atoms with Crippen LogP contribution in [0.2, 0.25) is 0 Å². The molecule has 0 aliphatic heterocycles. The van der Waals surface area contributed by atoms with Crippen molar-refractivity contribution in [3.8, 4) is 0 Å². The second-order valence-electron chi connectivity index (χ2n) is 8.24. The zero-order valence-corrected chi connectivity index (χ0v) is 13.1. The highest BCUT2D eigenvalue weighted by Gasteiger charge is 2.59. The summed E-state index contributed by atoms with van der Waals surface area (Å²) < 4.78 is 34.3. The maximum atomic E-state index is 12.3. The van der Waals surface area contributed by atoms with Crippen molar-refractivity contribution in [2.24, 2.45) is 34.5 Å². The van der Waals surface area contributed by atoms with Crippen molar-refractivity contribution in [2.75, 3.05) is 0 Å². The van der Waals surface area contributed by atoms with Gasteiger partial charge in [-0.3, -0.25) is 4.79 Å². The molecule has 3 unspecified atom stereocenters. The third kappa shape index (κ3) is 1.84. The van der Waals surface area contributed by atoms with Crippen molar-refractivity contribution in [1.29, 1.82) is 0 Å². The van der Waals surface area contributed by atoms with Crippen molar-refractivity contribution >= 4 is 5.78 Å². The van der Waals surface area contributed by atoms with Crippen LogP contribution in [0.1, 0.15) is 77.0 Å². The summed E-state index contributed by atoms with van der Waals surface area (Å²) in [4.78, 5) is 12.3. The molecule has 1 N–H and O–H groups in total. The van der Waals surface area contributed by atoms with E-state index in [0.717, 1.165) is 32.1 Å². The Hall–Kier alpha value is -0.370. The van der Waals surface area contributed by atoms with Gasteiger partial charge >= 0.3 is 0 Å². The van der Waals surface area contributed by atoms with E-state index >= 15 is 0 Å². The Morgan fingerprint density at radius 2 is 1.90 bits per heavy atom. The molecule has 4 rings (SSSR count). The molecule has 21 heavy (non-hydrogen) atoms. The molecule has 118 valence electrons. The molecule has 0 heterocycles. The van der Waals surface area contributed by atoms with Crippen LogP contribution in [0.25, 0.3) is 0 Å². The maximum absolute atomic E-state index is 12.3. The normalized spacial score (nSPS) is 73.3. The smallest absolute Gasteiger partial charge is 0.133 e. The van der Waals surface area contributed by atoms with Crippen molar-refractivity contribution in [2.45, 2.75) is 77.7 Å². The molecule has 0 saturated heterocycles. The van der Waals surface area contributed by atoms with Gasteiger partial charge in [0.1, 0.15) is 5.78 Å². The first-order valence-corrected chi connectivity index (χ1v) is 8.57. The minimum absolute atomic E-state index is 0.0672. The third-order valence-electron chi connectivity index (χ3n) is 7.51. The Morgan fingerprint density at radius 1 is 1.14 bits per heavy atom. The Morgan fingerprint density at radius 3 is 2.71 bits per heavy atom. The molecule has 2 heteroatoms. The van der Waals surface area contributed by atoms with Gasteiger partial charge in [0.15, 0.2) is 0 Å². The highest BCUT2D eigenvalue weighted by atomic mass is 16.3. The molecular weight excluding hydrogens is 260 g/mol. The number of hydrogen-bond donors (Lipinski definition) is 1. The molecule has 0 spiro atoms. The number of ketones is 1. The molecule has 4 aliphatic rings. The van der Waals surface area contributed by atoms with Crippen LogP contribution in [0.15, 0.2) is 0 Å². The standard InChI is InChI=1S/C19H30O2/c1-18-9-7-13(20)11-12(18)3-4-14-15-5-6-17(21)19(15,2)10-8-16(14)18/h12,14-17,21H,3-11H2,1-2H3/t12-,14-,15-,16-,17-,18-,19-/m0/s1/i7D,9D,11D,12D/t7?,9?,11?,12-,14-,15-,16-,17-,18-,19-. The second kappa shape index (κ2) is 4.57. The molecule has 0 aromatic carbocycles. The highest BCUT2D eigenvalue weighted by Crippen LogP contribution is 2.65. The van der Waals surface area contributed by atoms with E-state index in [-0.39, 0.29) is 17.4 Å². The largest absolute Gasteiger partial charge is 0.393 e. The van der Waals surface area contributed by atoms with Crippen LogP contribution in [0.5, 0.6) is 0 Å². The molecule has 4 fully saturated rings. The molecule has 0 bridgehead atoms. The highest BCUT2D eigenvalue weighted by molar-refractivity contribution is 5.79. The zero-order chi connectivity index (χ0) is 18.4. The molecule has 0 aromatic heterocycles. The zero-order valence-electron chi connectivity index (χ0n) is 17.1. The summed E-state index contributed by atoms with van der Waals surface area (Å²) in [6.45, 7) is 4.12. The van der Waals surface area contributed by atoms with Gasteiger partial charge in [0.2, 0.25) is 0 Å². The molecule has 0 aromatic rings. The van der Waals surface area contributed by atoms with E-state index in [1.165, 1.54) is 0 Å². The fraction of sp³-hybridized carbons (Fsp3) is 0.947. The van der Waals surface area contributed by atoms with Gasteiger partial charge in [-0.2, -0.15) is 0 Å². The van der Waals surface area contributed by atoms with E-state index in [1.807, 2.05) is 6.92 Å². The Labute approximate surface area is 134 Å². The summed E-state index contributed by atoms with van der Waals surface area (Å²) in [6, 6.07) is 0. The van der Waals surface area contributed by atoms with Crippen LogP contribution in [0.3, 0.4) is 0 Å². The molecule has 4 saturated carbocycles. The topological polar surface area (TPSA) is 37.3 Å². The van der Waals surface area contributed by atoms with Crippen LogP contribution in [0.4, 0.5) is 0 Å². The lowest BCUT2D eigenvalue weighted by Gasteiger charge is -2.60. The van der Waals surface area contributed by atoms with Crippen LogP contribution in [-0.2, 0) is 4.79 Å². The second-order valence-corrected chi connectivity index (χ2v) is 8.24. The fourth-order valence-corrected chi connectivity index (χ4v) is 6.17. The average molecular weight is 294 g/mol. The third-order valence-corrected chi connectivity index (χ3v) is 7.51. The van der Waals surface area contributed by atoms with Crippen LogP contribution >= 0.6 is 0 Å². The van der Waals surface area contributed by atoms with Crippen molar-refractivity contribution < 1.29 is 15.4 Å². The van der Waals surface area contributed by atoms with Gasteiger partial charge in [0, 0.05) is 18.3 Å². The summed E-state index contributed by atoms with van der Waals surface area (Å²) in [5.41, 5.74) is -0.861. The number of carbonyl (C=O) groups is 1. The van der Waals surface area contributed by atoms with Crippen molar-refractivity contribution in [3.05, 3.63) is 0 Å². The average Bonchev–Trinajstić information content (AvgIpc) is 2.89. The fourth-order valence-electron chi connectivity index (χ4n) is 6.17. The Kier molecular flexibility index (Phi) is 2.26. The van der Waals surface area contributed by atoms with Crippen LogP contribution in [-0.4, -0.2) is 17.0 Å². The monoisotopic (exact) mass is 294 g/mol. The van der Waals surface area contributed by atoms with Crippen molar-refractivity contribution in [3.63, 3.8) is 0 Å². The van der Waals surface area contributed by atoms with Gasteiger partial charge in [0.05, 0.1) is 6.10 Å².